The van der Waals surface area contributed by atoms with Crippen molar-refractivity contribution < 1.29 is 18.6 Å². The Labute approximate surface area is 161 Å². The number of nitrogens with zero attached hydrogens (tertiary/aromatic N) is 3. The average Bonchev–Trinajstić information content (AvgIpc) is 3.28. The molecule has 0 radical (unpaired) electrons. The van der Waals surface area contributed by atoms with Gasteiger partial charge in [-0.3, -0.25) is 4.90 Å². The summed E-state index contributed by atoms with van der Waals surface area (Å²) >= 11 is 0. The first-order valence-electron chi connectivity index (χ1n) is 9.41. The maximum Gasteiger partial charge on any atom is 0.177 e. The van der Waals surface area contributed by atoms with Crippen molar-refractivity contribution in [3.63, 3.8) is 0 Å². The zero-order chi connectivity index (χ0) is 18.9. The summed E-state index contributed by atoms with van der Waals surface area (Å²) < 4.78 is 31.4. The van der Waals surface area contributed by atoms with Crippen LogP contribution in [-0.4, -0.2) is 58.4 Å². The third-order valence-corrected chi connectivity index (χ3v) is 5.03. The summed E-state index contributed by atoms with van der Waals surface area (Å²) in [6.07, 6.45) is 0.191. The lowest BCUT2D eigenvalue weighted by atomic mass is 10.2. The minimum absolute atomic E-state index is 0.235. The number of fused-ring (bicyclic) bond motifs is 2. The Balaban J connectivity index is 1.19. The molecule has 0 bridgehead atoms. The van der Waals surface area contributed by atoms with Crippen LogP contribution in [0.5, 0.6) is 11.5 Å². The summed E-state index contributed by atoms with van der Waals surface area (Å²) in [5.41, 5.74) is 2.56. The van der Waals surface area contributed by atoms with Crippen LogP contribution < -0.4 is 9.47 Å². The number of benzene rings is 1. The maximum atomic E-state index is 14.5. The molecule has 2 aliphatic heterocycles. The number of pyridine rings is 1. The number of H-pyrrole nitrogens is 1. The van der Waals surface area contributed by atoms with Gasteiger partial charge in [-0.2, -0.15) is 0 Å². The van der Waals surface area contributed by atoms with Crippen LogP contribution in [0, 0.1) is 0 Å². The fraction of sp³-hybridized carbons (Fsp3) is 0.400. The summed E-state index contributed by atoms with van der Waals surface area (Å²) in [5.74, 6) is 2.18. The molecule has 8 heteroatoms. The number of hydrogen-bond donors (Lipinski definition) is 1. The molecule has 0 amide bonds. The topological polar surface area (TPSA) is 72.5 Å². The van der Waals surface area contributed by atoms with Crippen molar-refractivity contribution in [2.45, 2.75) is 25.4 Å². The average molecular weight is 384 g/mol. The Bertz CT molecular complexity index is 946. The molecular formula is C20H21FN4O3. The van der Waals surface area contributed by atoms with Crippen molar-refractivity contribution in [3.8, 4) is 11.5 Å². The van der Waals surface area contributed by atoms with Crippen LogP contribution in [0.25, 0.3) is 11.2 Å². The van der Waals surface area contributed by atoms with Gasteiger partial charge in [0.1, 0.15) is 37.9 Å². The number of hydrogen-bond acceptors (Lipinski definition) is 6. The largest absolute Gasteiger partial charge is 0.486 e. The molecule has 5 rings (SSSR count). The van der Waals surface area contributed by atoms with Crippen LogP contribution in [0.2, 0.25) is 0 Å². The number of ether oxygens (including phenoxy) is 3. The van der Waals surface area contributed by atoms with Crippen molar-refractivity contribution in [2.75, 3.05) is 26.3 Å². The van der Waals surface area contributed by atoms with Gasteiger partial charge in [0.15, 0.2) is 17.1 Å². The lowest BCUT2D eigenvalue weighted by Gasteiger charge is -2.20. The lowest BCUT2D eigenvalue weighted by molar-refractivity contribution is 0.00863. The van der Waals surface area contributed by atoms with E-state index in [0.717, 1.165) is 22.6 Å². The zero-order valence-electron chi connectivity index (χ0n) is 15.3. The van der Waals surface area contributed by atoms with Gasteiger partial charge < -0.3 is 19.2 Å². The van der Waals surface area contributed by atoms with E-state index < -0.39 is 12.3 Å². The smallest absolute Gasteiger partial charge is 0.177 e. The van der Waals surface area contributed by atoms with E-state index in [1.807, 2.05) is 30.3 Å². The van der Waals surface area contributed by atoms with Crippen LogP contribution in [-0.2, 0) is 17.9 Å². The number of aromatic amines is 1. The first-order valence-corrected chi connectivity index (χ1v) is 9.41. The first-order chi connectivity index (χ1) is 13.7. The van der Waals surface area contributed by atoms with Gasteiger partial charge in [-0.15, -0.1) is 0 Å². The summed E-state index contributed by atoms with van der Waals surface area (Å²) in [5, 5.41) is 0. The molecule has 1 aromatic carbocycles. The third-order valence-electron chi connectivity index (χ3n) is 5.03. The Morgan fingerprint density at radius 2 is 2.07 bits per heavy atom. The number of alkyl halides is 1. The van der Waals surface area contributed by atoms with Gasteiger partial charge >= 0.3 is 0 Å². The number of nitrogens with one attached hydrogen (secondary N) is 1. The monoisotopic (exact) mass is 384 g/mol. The van der Waals surface area contributed by atoms with E-state index in [-0.39, 0.29) is 6.61 Å². The van der Waals surface area contributed by atoms with Crippen molar-refractivity contribution in [1.29, 1.82) is 0 Å². The molecule has 4 heterocycles. The number of likely N-dealkylation sites (tertiary alicyclic amines) is 1. The molecule has 146 valence electrons. The van der Waals surface area contributed by atoms with Crippen molar-refractivity contribution in [3.05, 3.63) is 47.9 Å². The fourth-order valence-electron chi connectivity index (χ4n) is 3.69. The highest BCUT2D eigenvalue weighted by Gasteiger charge is 2.34. The second kappa shape index (κ2) is 7.37. The molecule has 1 saturated heterocycles. The lowest BCUT2D eigenvalue weighted by Crippen LogP contribution is -2.24. The zero-order valence-corrected chi connectivity index (χ0v) is 15.3. The number of imidazole rings is 1. The second-order valence-corrected chi connectivity index (χ2v) is 7.10. The highest BCUT2D eigenvalue weighted by molar-refractivity contribution is 5.69. The van der Waals surface area contributed by atoms with Crippen LogP contribution in [0.3, 0.4) is 0 Å². The maximum absolute atomic E-state index is 14.5. The van der Waals surface area contributed by atoms with E-state index in [1.54, 1.807) is 6.20 Å². The Hall–Kier alpha value is -2.71. The molecule has 0 unspecified atom stereocenters. The standard InChI is InChI=1S/C20H21FN4O3/c21-14-10-25(9-13-3-4-16-17(8-13)27-7-6-26-16)11-18(14)28-12-19-23-15-2-1-5-22-20(15)24-19/h1-5,8,14,18H,6-7,9-12H2,(H,22,23,24)/t14-,18+/m1/s1. The highest BCUT2D eigenvalue weighted by Crippen LogP contribution is 2.31. The van der Waals surface area contributed by atoms with Gasteiger partial charge in [-0.05, 0) is 29.8 Å². The molecule has 0 saturated carbocycles. The van der Waals surface area contributed by atoms with Crippen molar-refractivity contribution >= 4 is 11.2 Å². The SMILES string of the molecule is F[C@@H]1CN(Cc2ccc3c(c2)OCCO3)C[C@@H]1OCc1nc2ncccc2[nH]1. The van der Waals surface area contributed by atoms with Crippen LogP contribution >= 0.6 is 0 Å². The Kier molecular flexibility index (Phi) is 4.58. The predicted molar refractivity (Wildman–Crippen MR) is 100 cm³/mol. The molecule has 28 heavy (non-hydrogen) atoms. The van der Waals surface area contributed by atoms with E-state index in [0.29, 0.717) is 44.3 Å². The molecule has 2 atom stereocenters. The van der Waals surface area contributed by atoms with Crippen LogP contribution in [0.4, 0.5) is 4.39 Å². The highest BCUT2D eigenvalue weighted by atomic mass is 19.1. The molecule has 1 N–H and O–H groups in total. The molecule has 2 aromatic heterocycles. The second-order valence-electron chi connectivity index (χ2n) is 7.10. The van der Waals surface area contributed by atoms with E-state index in [1.165, 1.54) is 0 Å². The van der Waals surface area contributed by atoms with Crippen molar-refractivity contribution in [1.82, 2.24) is 19.9 Å². The first kappa shape index (κ1) is 17.4. The molecule has 7 nitrogen and oxygen atoms in total. The predicted octanol–water partition coefficient (Wildman–Crippen LogP) is 2.47. The van der Waals surface area contributed by atoms with Gasteiger partial charge in [0.2, 0.25) is 0 Å². The molecule has 0 spiro atoms. The molecule has 0 aliphatic carbocycles. The van der Waals surface area contributed by atoms with Crippen LogP contribution in [0.1, 0.15) is 11.4 Å². The minimum Gasteiger partial charge on any atom is -0.486 e. The minimum atomic E-state index is -1.03. The third kappa shape index (κ3) is 3.53. The number of halogens is 1. The van der Waals surface area contributed by atoms with E-state index in [9.17, 15) is 4.39 Å². The van der Waals surface area contributed by atoms with Gasteiger partial charge in [0.05, 0.1) is 5.52 Å². The van der Waals surface area contributed by atoms with E-state index in [4.69, 9.17) is 14.2 Å². The van der Waals surface area contributed by atoms with E-state index >= 15 is 0 Å². The normalized spacial score (nSPS) is 22.0. The number of aromatic nitrogens is 3. The molecule has 3 aromatic rings. The van der Waals surface area contributed by atoms with Gasteiger partial charge in [-0.25, -0.2) is 14.4 Å². The molecule has 2 aliphatic rings. The molecule has 1 fully saturated rings. The summed E-state index contributed by atoms with van der Waals surface area (Å²) in [7, 11) is 0. The molecular weight excluding hydrogens is 363 g/mol. The Morgan fingerprint density at radius 1 is 1.18 bits per heavy atom. The Morgan fingerprint density at radius 3 is 2.96 bits per heavy atom. The van der Waals surface area contributed by atoms with Crippen LogP contribution in [0.15, 0.2) is 36.5 Å². The van der Waals surface area contributed by atoms with Crippen molar-refractivity contribution in [2.24, 2.45) is 0 Å². The summed E-state index contributed by atoms with van der Waals surface area (Å²) in [6.45, 7) is 2.89. The quantitative estimate of drug-likeness (QED) is 0.729. The van der Waals surface area contributed by atoms with Gasteiger partial charge in [0, 0.05) is 25.8 Å². The van der Waals surface area contributed by atoms with Gasteiger partial charge in [-0.1, -0.05) is 6.07 Å². The summed E-state index contributed by atoms with van der Waals surface area (Å²) in [4.78, 5) is 13.8. The number of rotatable bonds is 5. The van der Waals surface area contributed by atoms with Gasteiger partial charge in [0.25, 0.3) is 0 Å². The van der Waals surface area contributed by atoms with E-state index in [2.05, 4.69) is 19.9 Å². The fourth-order valence-corrected chi connectivity index (χ4v) is 3.69. The summed E-state index contributed by atoms with van der Waals surface area (Å²) in [6, 6.07) is 9.63.